The summed E-state index contributed by atoms with van der Waals surface area (Å²) < 4.78 is 61.9. The highest BCUT2D eigenvalue weighted by molar-refractivity contribution is 7.89. The largest absolute Gasteiger partial charge is 0.433 e. The van der Waals surface area contributed by atoms with Crippen LogP contribution in [0.2, 0.25) is 0 Å². The molecular weight excluding hydrogens is 305 g/mol. The van der Waals surface area contributed by atoms with Gasteiger partial charge in [-0.3, -0.25) is 4.98 Å². The first kappa shape index (κ1) is 15.5. The molecule has 0 atom stereocenters. The molecule has 0 amide bonds. The molecule has 112 valence electrons. The Morgan fingerprint density at radius 1 is 1.10 bits per heavy atom. The fourth-order valence-electron chi connectivity index (χ4n) is 2.06. The van der Waals surface area contributed by atoms with Crippen molar-refractivity contribution in [3.63, 3.8) is 0 Å². The Morgan fingerprint density at radius 2 is 1.71 bits per heavy atom. The maximum absolute atomic E-state index is 13.0. The number of sulfonamides is 1. The molecule has 8 heteroatoms. The van der Waals surface area contributed by atoms with Crippen molar-refractivity contribution in [3.8, 4) is 11.1 Å². The van der Waals surface area contributed by atoms with E-state index in [-0.39, 0.29) is 21.6 Å². The van der Waals surface area contributed by atoms with E-state index < -0.39 is 21.9 Å². The summed E-state index contributed by atoms with van der Waals surface area (Å²) in [7, 11) is -4.01. The molecule has 0 spiro atoms. The van der Waals surface area contributed by atoms with Crippen LogP contribution < -0.4 is 5.14 Å². The summed E-state index contributed by atoms with van der Waals surface area (Å²) in [6.45, 7) is 1.40. The van der Waals surface area contributed by atoms with Gasteiger partial charge in [-0.25, -0.2) is 13.6 Å². The average Bonchev–Trinajstić information content (AvgIpc) is 2.36. The predicted molar refractivity (Wildman–Crippen MR) is 70.8 cm³/mol. The van der Waals surface area contributed by atoms with Gasteiger partial charge in [0.1, 0.15) is 0 Å². The first-order valence-corrected chi connectivity index (χ1v) is 7.32. The van der Waals surface area contributed by atoms with Crippen molar-refractivity contribution in [2.75, 3.05) is 0 Å². The number of halogens is 3. The molecule has 0 aliphatic heterocycles. The molecule has 0 fully saturated rings. The van der Waals surface area contributed by atoms with Crippen LogP contribution in [0.25, 0.3) is 11.1 Å². The molecule has 1 aromatic carbocycles. The van der Waals surface area contributed by atoms with Gasteiger partial charge in [-0.05, 0) is 30.2 Å². The lowest BCUT2D eigenvalue weighted by Crippen LogP contribution is -2.15. The van der Waals surface area contributed by atoms with Crippen LogP contribution in [0.1, 0.15) is 11.3 Å². The summed E-state index contributed by atoms with van der Waals surface area (Å²) >= 11 is 0. The highest BCUT2D eigenvalue weighted by atomic mass is 32.2. The fraction of sp³-hybridized carbons (Fsp3) is 0.154. The Morgan fingerprint density at radius 3 is 2.29 bits per heavy atom. The van der Waals surface area contributed by atoms with Gasteiger partial charge in [-0.2, -0.15) is 13.2 Å². The van der Waals surface area contributed by atoms with Gasteiger partial charge in [0, 0.05) is 11.8 Å². The van der Waals surface area contributed by atoms with Crippen molar-refractivity contribution in [1.29, 1.82) is 0 Å². The van der Waals surface area contributed by atoms with Crippen LogP contribution in [0, 0.1) is 6.92 Å². The minimum Gasteiger partial charge on any atom is -0.251 e. The minimum absolute atomic E-state index is 0.127. The van der Waals surface area contributed by atoms with E-state index in [0.717, 1.165) is 6.20 Å². The summed E-state index contributed by atoms with van der Waals surface area (Å²) in [5, 5.41) is 5.06. The molecule has 0 radical (unpaired) electrons. The van der Waals surface area contributed by atoms with Crippen LogP contribution in [0.5, 0.6) is 0 Å². The Labute approximate surface area is 119 Å². The zero-order valence-corrected chi connectivity index (χ0v) is 11.7. The van der Waals surface area contributed by atoms with Crippen LogP contribution in [0.3, 0.4) is 0 Å². The van der Waals surface area contributed by atoms with Crippen molar-refractivity contribution >= 4 is 10.0 Å². The van der Waals surface area contributed by atoms with E-state index >= 15 is 0 Å². The van der Waals surface area contributed by atoms with E-state index in [0.29, 0.717) is 0 Å². The number of hydrogen-bond acceptors (Lipinski definition) is 3. The highest BCUT2D eigenvalue weighted by Crippen LogP contribution is 2.37. The van der Waals surface area contributed by atoms with Crippen molar-refractivity contribution in [2.24, 2.45) is 5.14 Å². The number of nitrogens with zero attached hydrogens (tertiary/aromatic N) is 1. The van der Waals surface area contributed by atoms with E-state index in [2.05, 4.69) is 4.98 Å². The molecule has 2 rings (SSSR count). The van der Waals surface area contributed by atoms with E-state index in [1.165, 1.54) is 37.3 Å². The molecular formula is C13H11F3N2O2S. The molecule has 1 heterocycles. The maximum Gasteiger partial charge on any atom is 0.433 e. The number of primary sulfonamides is 1. The maximum atomic E-state index is 13.0. The SMILES string of the molecule is Cc1c(-c2cccnc2C(F)(F)F)cccc1S(N)(=O)=O. The second-order valence-electron chi connectivity index (χ2n) is 4.37. The molecule has 0 bridgehead atoms. The molecule has 21 heavy (non-hydrogen) atoms. The quantitative estimate of drug-likeness (QED) is 0.926. The first-order chi connectivity index (χ1) is 9.62. The monoisotopic (exact) mass is 316 g/mol. The number of pyridine rings is 1. The number of rotatable bonds is 2. The molecule has 1 aromatic heterocycles. The summed E-state index contributed by atoms with van der Waals surface area (Å²) in [5.41, 5.74) is -0.979. The van der Waals surface area contributed by atoms with Crippen molar-refractivity contribution < 1.29 is 21.6 Å². The lowest BCUT2D eigenvalue weighted by molar-refractivity contribution is -0.140. The second-order valence-corrected chi connectivity index (χ2v) is 5.90. The van der Waals surface area contributed by atoms with Gasteiger partial charge in [0.2, 0.25) is 10.0 Å². The van der Waals surface area contributed by atoms with Crippen molar-refractivity contribution in [3.05, 3.63) is 47.8 Å². The van der Waals surface area contributed by atoms with Gasteiger partial charge in [0.25, 0.3) is 0 Å². The second kappa shape index (κ2) is 5.12. The number of alkyl halides is 3. The smallest absolute Gasteiger partial charge is 0.251 e. The lowest BCUT2D eigenvalue weighted by Gasteiger charge is -2.14. The van der Waals surface area contributed by atoms with Gasteiger partial charge in [-0.1, -0.05) is 18.2 Å². The normalized spacial score (nSPS) is 12.4. The van der Waals surface area contributed by atoms with Crippen LogP contribution >= 0.6 is 0 Å². The summed E-state index contributed by atoms with van der Waals surface area (Å²) in [6, 6.07) is 6.59. The van der Waals surface area contributed by atoms with Gasteiger partial charge >= 0.3 is 6.18 Å². The van der Waals surface area contributed by atoms with E-state index in [9.17, 15) is 21.6 Å². The molecule has 2 N–H and O–H groups in total. The Kier molecular flexibility index (Phi) is 3.77. The van der Waals surface area contributed by atoms with Crippen LogP contribution in [-0.4, -0.2) is 13.4 Å². The fourth-order valence-corrected chi connectivity index (χ4v) is 2.87. The third kappa shape index (κ3) is 3.06. The lowest BCUT2D eigenvalue weighted by atomic mass is 9.99. The van der Waals surface area contributed by atoms with E-state index in [4.69, 9.17) is 5.14 Å². The number of nitrogens with two attached hydrogens (primary N) is 1. The Hall–Kier alpha value is -1.93. The van der Waals surface area contributed by atoms with Gasteiger partial charge in [0.15, 0.2) is 5.69 Å². The average molecular weight is 316 g/mol. The molecule has 0 unspecified atom stereocenters. The molecule has 4 nitrogen and oxygen atoms in total. The van der Waals surface area contributed by atoms with Crippen LogP contribution in [0.15, 0.2) is 41.4 Å². The highest BCUT2D eigenvalue weighted by Gasteiger charge is 2.35. The molecule has 0 aliphatic carbocycles. The number of benzene rings is 1. The zero-order valence-electron chi connectivity index (χ0n) is 10.8. The van der Waals surface area contributed by atoms with Gasteiger partial charge in [0.05, 0.1) is 4.90 Å². The van der Waals surface area contributed by atoms with Crippen LogP contribution in [0.4, 0.5) is 13.2 Å². The Balaban J connectivity index is 2.76. The van der Waals surface area contributed by atoms with Crippen LogP contribution in [-0.2, 0) is 16.2 Å². The standard InChI is InChI=1S/C13H11F3N2O2S/c1-8-9(4-2-6-11(8)21(17,19)20)10-5-3-7-18-12(10)13(14,15)16/h2-7H,1H3,(H2,17,19,20). The predicted octanol–water partition coefficient (Wildman–Crippen LogP) is 2.72. The zero-order chi connectivity index (χ0) is 15.8. The van der Waals surface area contributed by atoms with Gasteiger partial charge < -0.3 is 0 Å². The third-order valence-corrected chi connectivity index (χ3v) is 4.01. The third-order valence-electron chi connectivity index (χ3n) is 2.96. The Bertz CT molecular complexity index is 786. The van der Waals surface area contributed by atoms with E-state index in [1.54, 1.807) is 0 Å². The minimum atomic E-state index is -4.64. The number of aromatic nitrogens is 1. The van der Waals surface area contributed by atoms with Gasteiger partial charge in [-0.15, -0.1) is 0 Å². The number of hydrogen-bond donors (Lipinski definition) is 1. The topological polar surface area (TPSA) is 73.0 Å². The van der Waals surface area contributed by atoms with E-state index in [1.807, 2.05) is 0 Å². The summed E-state index contributed by atoms with van der Waals surface area (Å²) in [4.78, 5) is 3.14. The first-order valence-electron chi connectivity index (χ1n) is 5.77. The molecule has 0 saturated carbocycles. The summed E-state index contributed by atoms with van der Waals surface area (Å²) in [5.74, 6) is 0. The molecule has 2 aromatic rings. The molecule has 0 saturated heterocycles. The van der Waals surface area contributed by atoms with Crippen molar-refractivity contribution in [2.45, 2.75) is 18.0 Å². The van der Waals surface area contributed by atoms with Crippen molar-refractivity contribution in [1.82, 2.24) is 4.98 Å². The molecule has 0 aliphatic rings. The summed E-state index contributed by atoms with van der Waals surface area (Å²) in [6.07, 6.45) is -3.61.